The second kappa shape index (κ2) is 7.28. The third-order valence-corrected chi connectivity index (χ3v) is 8.98. The molecule has 1 aliphatic heterocycles. The molecule has 2 saturated carbocycles. The van der Waals surface area contributed by atoms with Crippen molar-refractivity contribution in [3.63, 3.8) is 0 Å². The highest BCUT2D eigenvalue weighted by atomic mass is 32.2. The lowest BCUT2D eigenvalue weighted by Crippen LogP contribution is -2.46. The van der Waals surface area contributed by atoms with Crippen molar-refractivity contribution in [3.8, 4) is 0 Å². The molecule has 0 aromatic rings. The summed E-state index contributed by atoms with van der Waals surface area (Å²) in [6.45, 7) is 5.97. The van der Waals surface area contributed by atoms with Gasteiger partial charge in [-0.15, -0.1) is 0 Å². The van der Waals surface area contributed by atoms with Gasteiger partial charge in [-0.3, -0.25) is 0 Å². The van der Waals surface area contributed by atoms with Gasteiger partial charge in [-0.2, -0.15) is 23.5 Å². The molecule has 1 N–H and O–H groups in total. The highest BCUT2D eigenvalue weighted by Gasteiger charge is 2.41. The van der Waals surface area contributed by atoms with Crippen LogP contribution < -0.4 is 5.32 Å². The summed E-state index contributed by atoms with van der Waals surface area (Å²) in [5.74, 6) is 5.95. The van der Waals surface area contributed by atoms with Crippen LogP contribution in [0.4, 0.5) is 0 Å². The number of fused-ring (bicyclic) bond motifs is 2. The van der Waals surface area contributed by atoms with Crippen LogP contribution >= 0.6 is 23.5 Å². The number of thioether (sulfide) groups is 2. The van der Waals surface area contributed by atoms with Crippen molar-refractivity contribution < 1.29 is 0 Å². The van der Waals surface area contributed by atoms with Crippen LogP contribution in [0, 0.1) is 17.8 Å². The quantitative estimate of drug-likeness (QED) is 0.779. The van der Waals surface area contributed by atoms with Gasteiger partial charge in [0.25, 0.3) is 0 Å². The zero-order valence-electron chi connectivity index (χ0n) is 13.1. The van der Waals surface area contributed by atoms with Crippen LogP contribution in [-0.4, -0.2) is 34.6 Å². The molecule has 0 amide bonds. The fourth-order valence-corrected chi connectivity index (χ4v) is 7.72. The lowest BCUT2D eigenvalue weighted by Gasteiger charge is -2.37. The number of nitrogens with one attached hydrogen (secondary N) is 1. The van der Waals surface area contributed by atoms with Gasteiger partial charge in [0.1, 0.15) is 0 Å². The van der Waals surface area contributed by atoms with Crippen molar-refractivity contribution in [1.82, 2.24) is 5.32 Å². The molecule has 20 heavy (non-hydrogen) atoms. The first kappa shape index (κ1) is 15.6. The van der Waals surface area contributed by atoms with Gasteiger partial charge in [0.2, 0.25) is 0 Å². The molecule has 3 rings (SSSR count). The zero-order chi connectivity index (χ0) is 13.9. The summed E-state index contributed by atoms with van der Waals surface area (Å²) in [5, 5.41) is 5.60. The van der Waals surface area contributed by atoms with E-state index < -0.39 is 0 Å². The van der Waals surface area contributed by atoms with E-state index in [0.29, 0.717) is 0 Å². The average Bonchev–Trinajstić information content (AvgIpc) is 3.06. The van der Waals surface area contributed by atoms with Crippen LogP contribution in [0.25, 0.3) is 0 Å². The molecule has 0 radical (unpaired) electrons. The monoisotopic (exact) mass is 313 g/mol. The van der Waals surface area contributed by atoms with Gasteiger partial charge in [0.05, 0.1) is 0 Å². The SMILES string of the molecule is CCCNC(CC1CC2CCC1C2)C1SCCSC1C. The third kappa shape index (κ3) is 3.52. The van der Waals surface area contributed by atoms with E-state index in [1.54, 1.807) is 19.3 Å². The van der Waals surface area contributed by atoms with E-state index in [4.69, 9.17) is 0 Å². The van der Waals surface area contributed by atoms with Gasteiger partial charge >= 0.3 is 0 Å². The predicted octanol–water partition coefficient (Wildman–Crippen LogP) is 4.42. The van der Waals surface area contributed by atoms with E-state index in [-0.39, 0.29) is 0 Å². The van der Waals surface area contributed by atoms with E-state index in [9.17, 15) is 0 Å². The smallest absolute Gasteiger partial charge is 0.0317 e. The summed E-state index contributed by atoms with van der Waals surface area (Å²) in [6.07, 6.45) is 8.92. The maximum atomic E-state index is 3.92. The molecule has 3 heteroatoms. The molecule has 2 aliphatic carbocycles. The van der Waals surface area contributed by atoms with Crippen LogP contribution in [0.5, 0.6) is 0 Å². The van der Waals surface area contributed by atoms with Crippen molar-refractivity contribution in [2.24, 2.45) is 17.8 Å². The minimum atomic E-state index is 0.770. The van der Waals surface area contributed by atoms with Crippen LogP contribution in [0.1, 0.15) is 52.4 Å². The molecule has 2 bridgehead atoms. The minimum Gasteiger partial charge on any atom is -0.313 e. The summed E-state index contributed by atoms with van der Waals surface area (Å²) in [7, 11) is 0. The van der Waals surface area contributed by atoms with Crippen LogP contribution in [0.2, 0.25) is 0 Å². The largest absolute Gasteiger partial charge is 0.313 e. The van der Waals surface area contributed by atoms with Crippen molar-refractivity contribution in [3.05, 3.63) is 0 Å². The summed E-state index contributed by atoms with van der Waals surface area (Å²) in [5.41, 5.74) is 0. The molecule has 0 aromatic heterocycles. The molecule has 3 aliphatic rings. The van der Waals surface area contributed by atoms with Gasteiger partial charge in [0.15, 0.2) is 0 Å². The van der Waals surface area contributed by atoms with Crippen LogP contribution in [0.15, 0.2) is 0 Å². The fourth-order valence-electron chi connectivity index (χ4n) is 4.75. The van der Waals surface area contributed by atoms with Gasteiger partial charge in [0, 0.05) is 28.0 Å². The molecule has 1 saturated heterocycles. The molecule has 3 fully saturated rings. The van der Waals surface area contributed by atoms with Gasteiger partial charge in [-0.1, -0.05) is 20.3 Å². The Labute approximate surface area is 133 Å². The molecular weight excluding hydrogens is 282 g/mol. The number of rotatable bonds is 6. The summed E-state index contributed by atoms with van der Waals surface area (Å²) < 4.78 is 0. The van der Waals surface area contributed by atoms with Crippen molar-refractivity contribution in [2.45, 2.75) is 68.9 Å². The first-order valence-electron chi connectivity index (χ1n) is 8.74. The highest BCUT2D eigenvalue weighted by molar-refractivity contribution is 8.07. The zero-order valence-corrected chi connectivity index (χ0v) is 14.8. The topological polar surface area (TPSA) is 12.0 Å². The van der Waals surface area contributed by atoms with Gasteiger partial charge < -0.3 is 5.32 Å². The van der Waals surface area contributed by atoms with Crippen LogP contribution in [0.3, 0.4) is 0 Å². The second-order valence-corrected chi connectivity index (χ2v) is 9.91. The Kier molecular flexibility index (Phi) is 5.66. The summed E-state index contributed by atoms with van der Waals surface area (Å²) >= 11 is 4.45. The Hall–Kier alpha value is 0.660. The van der Waals surface area contributed by atoms with E-state index in [1.807, 2.05) is 0 Å². The number of hydrogen-bond acceptors (Lipinski definition) is 3. The molecular formula is C17H31NS2. The predicted molar refractivity (Wildman–Crippen MR) is 93.8 cm³/mol. The van der Waals surface area contributed by atoms with Crippen molar-refractivity contribution in [2.75, 3.05) is 18.1 Å². The summed E-state index contributed by atoms with van der Waals surface area (Å²) in [4.78, 5) is 0. The van der Waals surface area contributed by atoms with Gasteiger partial charge in [-0.25, -0.2) is 0 Å². The Bertz CT molecular complexity index is 309. The molecule has 0 spiro atoms. The fraction of sp³-hybridized carbons (Fsp3) is 1.00. The molecule has 0 aromatic carbocycles. The summed E-state index contributed by atoms with van der Waals surface area (Å²) in [6, 6.07) is 0.770. The lowest BCUT2D eigenvalue weighted by atomic mass is 9.83. The van der Waals surface area contributed by atoms with E-state index in [2.05, 4.69) is 42.7 Å². The van der Waals surface area contributed by atoms with Crippen molar-refractivity contribution >= 4 is 23.5 Å². The van der Waals surface area contributed by atoms with Gasteiger partial charge in [-0.05, 0) is 56.4 Å². The Balaban J connectivity index is 1.59. The first-order valence-corrected chi connectivity index (χ1v) is 10.8. The average molecular weight is 314 g/mol. The highest BCUT2D eigenvalue weighted by Crippen LogP contribution is 2.50. The molecule has 6 unspecified atom stereocenters. The maximum absolute atomic E-state index is 3.92. The Morgan fingerprint density at radius 3 is 2.65 bits per heavy atom. The second-order valence-electron chi connectivity index (χ2n) is 7.14. The molecule has 116 valence electrons. The minimum absolute atomic E-state index is 0.770. The van der Waals surface area contributed by atoms with Crippen molar-refractivity contribution in [1.29, 1.82) is 0 Å². The normalized spacial score (nSPS) is 42.0. The standard InChI is InChI=1S/C17H31NS2/c1-3-6-18-16(17-12(2)19-7-8-20-17)11-15-10-13-4-5-14(15)9-13/h12-18H,3-11H2,1-2H3. The first-order chi connectivity index (χ1) is 9.78. The lowest BCUT2D eigenvalue weighted by molar-refractivity contribution is 0.274. The van der Waals surface area contributed by atoms with E-state index in [1.165, 1.54) is 37.3 Å². The Morgan fingerprint density at radius 1 is 1.15 bits per heavy atom. The Morgan fingerprint density at radius 2 is 2.00 bits per heavy atom. The third-order valence-electron chi connectivity index (χ3n) is 5.73. The molecule has 6 atom stereocenters. The van der Waals surface area contributed by atoms with Crippen LogP contribution in [-0.2, 0) is 0 Å². The molecule has 1 heterocycles. The van der Waals surface area contributed by atoms with E-state index >= 15 is 0 Å². The van der Waals surface area contributed by atoms with E-state index in [0.717, 1.165) is 34.3 Å². The molecule has 1 nitrogen and oxygen atoms in total. The number of hydrogen-bond donors (Lipinski definition) is 1. The maximum Gasteiger partial charge on any atom is 0.0317 e.